The third-order valence-electron chi connectivity index (χ3n) is 8.30. The number of amides is 4. The van der Waals surface area contributed by atoms with E-state index in [4.69, 9.17) is 9.47 Å². The molecule has 254 valence electrons. The molecule has 1 aliphatic heterocycles. The highest BCUT2D eigenvalue weighted by molar-refractivity contribution is 5.92. The number of rotatable bonds is 15. The molecule has 1 aromatic carbocycles. The normalized spacial score (nSPS) is 19.8. The van der Waals surface area contributed by atoms with E-state index in [-0.39, 0.29) is 30.1 Å². The van der Waals surface area contributed by atoms with E-state index in [2.05, 4.69) is 21.3 Å². The van der Waals surface area contributed by atoms with E-state index < -0.39 is 47.7 Å². The third-order valence-corrected chi connectivity index (χ3v) is 8.30. The standard InChI is InChI=1S/C35H52N4O7/c1-23(40)16-17-28(21-27-18-19-36-31(27)41)37-32(42)29(20-25-12-8-6-9-13-25)38-33(43)30(24(2)46-35(3,4)5)39-34(44)45-22-26-14-10-7-11-15-26/h7,10-11,14-17,24-25,27-30H,6,8-9,12-13,18-22H2,1-5H3,(H,36,41)(H,37,42)(H,38,43)(H,39,44)/b17-16+/t24?,27-,28+,29-,30-/m0/s1. The Balaban J connectivity index is 1.79. The molecule has 1 saturated carbocycles. The van der Waals surface area contributed by atoms with Crippen molar-refractivity contribution in [2.45, 2.75) is 122 Å². The fraction of sp³-hybridized carbons (Fsp3) is 0.629. The largest absolute Gasteiger partial charge is 0.445 e. The number of carbonyl (C=O) groups is 5. The van der Waals surface area contributed by atoms with Crippen LogP contribution in [0.4, 0.5) is 4.79 Å². The van der Waals surface area contributed by atoms with Crippen molar-refractivity contribution in [1.29, 1.82) is 0 Å². The van der Waals surface area contributed by atoms with E-state index in [0.29, 0.717) is 25.8 Å². The minimum atomic E-state index is -1.15. The maximum absolute atomic E-state index is 13.9. The van der Waals surface area contributed by atoms with E-state index in [9.17, 15) is 24.0 Å². The Bertz CT molecular complexity index is 1210. The molecule has 3 rings (SSSR count). The summed E-state index contributed by atoms with van der Waals surface area (Å²) in [4.78, 5) is 64.7. The molecule has 1 unspecified atom stereocenters. The Morgan fingerprint density at radius 3 is 2.26 bits per heavy atom. The zero-order valence-corrected chi connectivity index (χ0v) is 27.9. The zero-order chi connectivity index (χ0) is 33.7. The molecular weight excluding hydrogens is 588 g/mol. The second-order valence-electron chi connectivity index (χ2n) is 13.5. The molecule has 2 fully saturated rings. The minimum Gasteiger partial charge on any atom is -0.445 e. The lowest BCUT2D eigenvalue weighted by Gasteiger charge is -2.32. The van der Waals surface area contributed by atoms with Crippen LogP contribution < -0.4 is 21.3 Å². The first kappa shape index (κ1) is 36.7. The molecule has 0 aromatic heterocycles. The van der Waals surface area contributed by atoms with E-state index >= 15 is 0 Å². The Labute approximate surface area is 273 Å². The highest BCUT2D eigenvalue weighted by atomic mass is 16.6. The average molecular weight is 641 g/mol. The third kappa shape index (κ3) is 12.9. The van der Waals surface area contributed by atoms with Crippen LogP contribution in [-0.4, -0.2) is 66.0 Å². The maximum Gasteiger partial charge on any atom is 0.408 e. The van der Waals surface area contributed by atoms with Crippen molar-refractivity contribution in [1.82, 2.24) is 21.3 Å². The lowest BCUT2D eigenvalue weighted by atomic mass is 9.84. The summed E-state index contributed by atoms with van der Waals surface area (Å²) in [6.45, 7) is 9.26. The van der Waals surface area contributed by atoms with Crippen molar-refractivity contribution in [3.8, 4) is 0 Å². The Kier molecular flexibility index (Phi) is 14.2. The van der Waals surface area contributed by atoms with Gasteiger partial charge in [-0.1, -0.05) is 68.5 Å². The summed E-state index contributed by atoms with van der Waals surface area (Å²) in [5.74, 6) is -1.30. The van der Waals surface area contributed by atoms with Gasteiger partial charge in [0.05, 0.1) is 11.7 Å². The van der Waals surface area contributed by atoms with E-state index in [0.717, 1.165) is 37.7 Å². The van der Waals surface area contributed by atoms with Gasteiger partial charge in [-0.15, -0.1) is 0 Å². The number of hydrogen-bond donors (Lipinski definition) is 4. The van der Waals surface area contributed by atoms with Gasteiger partial charge in [0.2, 0.25) is 17.7 Å². The Hall–Kier alpha value is -3.73. The van der Waals surface area contributed by atoms with Crippen LogP contribution in [0.15, 0.2) is 42.5 Å². The minimum absolute atomic E-state index is 0.0242. The first-order chi connectivity index (χ1) is 21.8. The molecule has 5 atom stereocenters. The summed E-state index contributed by atoms with van der Waals surface area (Å²) >= 11 is 0. The number of benzene rings is 1. The first-order valence-corrected chi connectivity index (χ1v) is 16.5. The van der Waals surface area contributed by atoms with Gasteiger partial charge < -0.3 is 30.7 Å². The van der Waals surface area contributed by atoms with Crippen LogP contribution >= 0.6 is 0 Å². The molecular formula is C35H52N4O7. The molecule has 1 saturated heterocycles. The lowest BCUT2D eigenvalue weighted by molar-refractivity contribution is -0.135. The molecule has 0 radical (unpaired) electrons. The molecule has 2 aliphatic rings. The van der Waals surface area contributed by atoms with Gasteiger partial charge >= 0.3 is 6.09 Å². The van der Waals surface area contributed by atoms with Crippen molar-refractivity contribution in [3.63, 3.8) is 0 Å². The van der Waals surface area contributed by atoms with Gasteiger partial charge in [-0.25, -0.2) is 4.79 Å². The zero-order valence-electron chi connectivity index (χ0n) is 27.9. The van der Waals surface area contributed by atoms with Gasteiger partial charge in [0.15, 0.2) is 5.78 Å². The van der Waals surface area contributed by atoms with Crippen molar-refractivity contribution in [3.05, 3.63) is 48.0 Å². The fourth-order valence-electron chi connectivity index (χ4n) is 6.06. The number of alkyl carbamates (subject to hydrolysis) is 1. The van der Waals surface area contributed by atoms with Crippen LogP contribution in [-0.2, 0) is 35.3 Å². The molecule has 4 N–H and O–H groups in total. The summed E-state index contributed by atoms with van der Waals surface area (Å²) in [5, 5.41) is 11.4. The monoisotopic (exact) mass is 640 g/mol. The highest BCUT2D eigenvalue weighted by Crippen LogP contribution is 2.28. The molecule has 11 heteroatoms. The van der Waals surface area contributed by atoms with E-state index in [1.54, 1.807) is 13.0 Å². The molecule has 11 nitrogen and oxygen atoms in total. The van der Waals surface area contributed by atoms with Crippen molar-refractivity contribution >= 4 is 29.6 Å². The molecule has 4 amide bonds. The summed E-state index contributed by atoms with van der Waals surface area (Å²) in [7, 11) is 0. The van der Waals surface area contributed by atoms with Crippen LogP contribution in [0.5, 0.6) is 0 Å². The Morgan fingerprint density at radius 2 is 1.65 bits per heavy atom. The predicted molar refractivity (Wildman–Crippen MR) is 174 cm³/mol. The van der Waals surface area contributed by atoms with Gasteiger partial charge in [-0.3, -0.25) is 19.2 Å². The van der Waals surface area contributed by atoms with Crippen LogP contribution in [0.25, 0.3) is 0 Å². The molecule has 46 heavy (non-hydrogen) atoms. The highest BCUT2D eigenvalue weighted by Gasteiger charge is 2.35. The smallest absolute Gasteiger partial charge is 0.408 e. The first-order valence-electron chi connectivity index (χ1n) is 16.5. The van der Waals surface area contributed by atoms with Gasteiger partial charge in [0, 0.05) is 18.5 Å². The average Bonchev–Trinajstić information content (AvgIpc) is 3.40. The number of ether oxygens (including phenoxy) is 2. The van der Waals surface area contributed by atoms with Crippen LogP contribution in [0.1, 0.15) is 91.5 Å². The van der Waals surface area contributed by atoms with Crippen molar-refractivity contribution in [2.24, 2.45) is 11.8 Å². The molecule has 0 spiro atoms. The quantitative estimate of drug-likeness (QED) is 0.211. The maximum atomic E-state index is 13.9. The number of carbonyl (C=O) groups excluding carboxylic acids is 5. The molecule has 1 aliphatic carbocycles. The summed E-state index contributed by atoms with van der Waals surface area (Å²) in [5.41, 5.74) is 0.181. The van der Waals surface area contributed by atoms with Gasteiger partial charge in [-0.05, 0) is 71.4 Å². The fourth-order valence-corrected chi connectivity index (χ4v) is 6.06. The Morgan fingerprint density at radius 1 is 0.957 bits per heavy atom. The molecule has 0 bridgehead atoms. The summed E-state index contributed by atoms with van der Waals surface area (Å²) in [6, 6.07) is 6.56. The molecule has 1 heterocycles. The van der Waals surface area contributed by atoms with Crippen LogP contribution in [0, 0.1) is 11.8 Å². The van der Waals surface area contributed by atoms with Gasteiger partial charge in [0.1, 0.15) is 18.7 Å². The summed E-state index contributed by atoms with van der Waals surface area (Å²) < 4.78 is 11.5. The SMILES string of the molecule is CC(=O)/C=C/[C@H](C[C@@H]1CCNC1=O)NC(=O)[C@H](CC1CCCCC1)NC(=O)[C@@H](NC(=O)OCc1ccccc1)C(C)OC(C)(C)C. The second-order valence-corrected chi connectivity index (χ2v) is 13.5. The van der Waals surface area contributed by atoms with Crippen LogP contribution in [0.3, 0.4) is 0 Å². The predicted octanol–water partition coefficient (Wildman–Crippen LogP) is 4.10. The molecule has 1 aromatic rings. The van der Waals surface area contributed by atoms with Crippen LogP contribution in [0.2, 0.25) is 0 Å². The van der Waals surface area contributed by atoms with Crippen molar-refractivity contribution in [2.75, 3.05) is 6.54 Å². The van der Waals surface area contributed by atoms with Gasteiger partial charge in [0.25, 0.3) is 0 Å². The van der Waals surface area contributed by atoms with Gasteiger partial charge in [-0.2, -0.15) is 0 Å². The number of allylic oxidation sites excluding steroid dienone is 1. The summed E-state index contributed by atoms with van der Waals surface area (Å²) in [6.07, 6.45) is 8.00. The topological polar surface area (TPSA) is 152 Å². The lowest BCUT2D eigenvalue weighted by Crippen LogP contribution is -2.59. The van der Waals surface area contributed by atoms with E-state index in [1.165, 1.54) is 13.0 Å². The number of ketones is 1. The number of hydrogen-bond acceptors (Lipinski definition) is 7. The van der Waals surface area contributed by atoms with E-state index in [1.807, 2.05) is 51.1 Å². The number of nitrogens with one attached hydrogen (secondary N) is 4. The van der Waals surface area contributed by atoms with Crippen molar-refractivity contribution < 1.29 is 33.4 Å². The second kappa shape index (κ2) is 17.8.